The first-order valence-electron chi connectivity index (χ1n) is 22.8. The molecule has 8 fully saturated rings. The summed E-state index contributed by atoms with van der Waals surface area (Å²) < 4.78 is 84.8. The molecular formula is C44H46N4O24. The summed E-state index contributed by atoms with van der Waals surface area (Å²) in [5, 5.41) is 0. The lowest BCUT2D eigenvalue weighted by molar-refractivity contribution is 0.113. The highest BCUT2D eigenvalue weighted by Crippen LogP contribution is 2.41. The SMILES string of the molecule is O=C1OCC(CN(CC2COC(=O)O2)c2ccc(-c3ccc(N(CC4COC(=O)O4)CC4COC(=O)O4)c(N(CC4COC(=O)O4)CC4COC(=O)O4)c3)cc2N(CC2COC(=O)O2)CC2COC(=O)O2)O1. The molecule has 10 rings (SSSR count). The third-order valence-corrected chi connectivity index (χ3v) is 12.2. The zero-order valence-corrected chi connectivity index (χ0v) is 38.0. The van der Waals surface area contributed by atoms with E-state index in [1.54, 1.807) is 24.3 Å². The summed E-state index contributed by atoms with van der Waals surface area (Å²) in [7, 11) is 0. The van der Waals surface area contributed by atoms with Crippen LogP contribution in [0.15, 0.2) is 36.4 Å². The fraction of sp³-hybridized carbons (Fsp3) is 0.545. The van der Waals surface area contributed by atoms with Gasteiger partial charge in [0.25, 0.3) is 0 Å². The number of nitrogens with zero attached hydrogens (tertiary/aromatic N) is 4. The van der Waals surface area contributed by atoms with E-state index in [4.69, 9.17) is 75.8 Å². The van der Waals surface area contributed by atoms with E-state index in [0.717, 1.165) is 0 Å². The van der Waals surface area contributed by atoms with Crippen molar-refractivity contribution in [2.24, 2.45) is 0 Å². The lowest BCUT2D eigenvalue weighted by Gasteiger charge is -2.36. The summed E-state index contributed by atoms with van der Waals surface area (Å²) >= 11 is 0. The third-order valence-electron chi connectivity index (χ3n) is 12.2. The van der Waals surface area contributed by atoms with Gasteiger partial charge in [-0.1, -0.05) is 12.1 Å². The molecule has 0 amide bonds. The van der Waals surface area contributed by atoms with Crippen LogP contribution in [0.25, 0.3) is 11.1 Å². The molecule has 0 saturated carbocycles. The monoisotopic (exact) mass is 1010 g/mol. The fourth-order valence-electron chi connectivity index (χ4n) is 9.14. The average molecular weight is 1010 g/mol. The molecule has 28 nitrogen and oxygen atoms in total. The van der Waals surface area contributed by atoms with Gasteiger partial charge in [0.05, 0.1) is 75.1 Å². The summed E-state index contributed by atoms with van der Waals surface area (Å²) in [4.78, 5) is 105. The number of hydrogen-bond donors (Lipinski definition) is 0. The van der Waals surface area contributed by atoms with Gasteiger partial charge < -0.3 is 95.4 Å². The van der Waals surface area contributed by atoms with Gasteiger partial charge in [-0.05, 0) is 35.4 Å². The van der Waals surface area contributed by atoms with Gasteiger partial charge in [0.1, 0.15) is 52.9 Å². The van der Waals surface area contributed by atoms with E-state index in [1.165, 1.54) is 0 Å². The van der Waals surface area contributed by atoms with Crippen molar-refractivity contribution >= 4 is 72.0 Å². The van der Waals surface area contributed by atoms with Gasteiger partial charge in [0.15, 0.2) is 48.8 Å². The summed E-state index contributed by atoms with van der Waals surface area (Å²) in [5.41, 5.74) is 3.08. The molecule has 0 aromatic heterocycles. The number of anilines is 4. The minimum Gasteiger partial charge on any atom is -0.430 e. The molecule has 2 aromatic rings. The van der Waals surface area contributed by atoms with Crippen LogP contribution < -0.4 is 19.6 Å². The van der Waals surface area contributed by atoms with Gasteiger partial charge in [-0.3, -0.25) is 0 Å². The van der Waals surface area contributed by atoms with Gasteiger partial charge in [-0.25, -0.2) is 38.4 Å². The van der Waals surface area contributed by atoms with E-state index in [2.05, 4.69) is 0 Å². The zero-order chi connectivity index (χ0) is 49.9. The maximum absolute atomic E-state index is 12.3. The molecule has 28 heteroatoms. The van der Waals surface area contributed by atoms with E-state index in [1.807, 2.05) is 31.7 Å². The van der Waals surface area contributed by atoms with Crippen molar-refractivity contribution in [2.45, 2.75) is 48.8 Å². The van der Waals surface area contributed by atoms with Gasteiger partial charge in [0, 0.05) is 0 Å². The number of rotatable bonds is 21. The zero-order valence-electron chi connectivity index (χ0n) is 38.0. The Labute approximate surface area is 406 Å². The minimum atomic E-state index is -0.876. The molecule has 8 heterocycles. The second-order valence-corrected chi connectivity index (χ2v) is 17.4. The van der Waals surface area contributed by atoms with Crippen LogP contribution in [0, 0.1) is 0 Å². The first kappa shape index (κ1) is 47.5. The molecular weight excluding hydrogens is 968 g/mol. The highest BCUT2D eigenvalue weighted by atomic mass is 16.8. The molecule has 8 saturated heterocycles. The second-order valence-electron chi connectivity index (χ2n) is 17.4. The van der Waals surface area contributed by atoms with E-state index >= 15 is 0 Å². The van der Waals surface area contributed by atoms with Crippen molar-refractivity contribution in [3.05, 3.63) is 36.4 Å². The van der Waals surface area contributed by atoms with Gasteiger partial charge in [-0.15, -0.1) is 0 Å². The van der Waals surface area contributed by atoms with Gasteiger partial charge in [0.2, 0.25) is 0 Å². The van der Waals surface area contributed by atoms with Crippen LogP contribution in [0.3, 0.4) is 0 Å². The maximum atomic E-state index is 12.3. The summed E-state index contributed by atoms with van der Waals surface area (Å²) in [6.45, 7) is -0.503. The van der Waals surface area contributed by atoms with Crippen LogP contribution in [0.1, 0.15) is 0 Å². The normalized spacial score (nSPS) is 26.9. The number of carbonyl (C=O) groups excluding carboxylic acids is 8. The Kier molecular flexibility index (Phi) is 13.6. The fourth-order valence-corrected chi connectivity index (χ4v) is 9.14. The van der Waals surface area contributed by atoms with Gasteiger partial charge in [-0.2, -0.15) is 0 Å². The molecule has 8 aliphatic rings. The molecule has 0 spiro atoms. The second kappa shape index (κ2) is 20.6. The Morgan fingerprint density at radius 1 is 0.278 bits per heavy atom. The lowest BCUT2D eigenvalue weighted by atomic mass is 10.00. The van der Waals surface area contributed by atoms with E-state index in [-0.39, 0.29) is 105 Å². The van der Waals surface area contributed by atoms with Crippen LogP contribution in [-0.4, -0.2) is 203 Å². The number of hydrogen-bond acceptors (Lipinski definition) is 28. The molecule has 8 unspecified atom stereocenters. The van der Waals surface area contributed by atoms with E-state index < -0.39 is 98.1 Å². The summed E-state index contributed by atoms with van der Waals surface area (Å²) in [6, 6.07) is 10.8. The van der Waals surface area contributed by atoms with Crippen LogP contribution in [0.5, 0.6) is 0 Å². The van der Waals surface area contributed by atoms with E-state index in [0.29, 0.717) is 33.9 Å². The summed E-state index contributed by atoms with van der Waals surface area (Å²) in [6.07, 6.45) is -13.2. The molecule has 0 N–H and O–H groups in total. The first-order chi connectivity index (χ1) is 34.8. The Hall–Kier alpha value is -8.20. The molecule has 0 aliphatic carbocycles. The highest BCUT2D eigenvalue weighted by molar-refractivity contribution is 5.84. The van der Waals surface area contributed by atoms with Crippen molar-refractivity contribution in [3.63, 3.8) is 0 Å². The topological polar surface area (TPSA) is 297 Å². The minimum absolute atomic E-state index is 0.00926. The largest absolute Gasteiger partial charge is 0.508 e. The number of ether oxygens (including phenoxy) is 16. The number of cyclic esters (lactones) is 16. The molecule has 8 atom stereocenters. The van der Waals surface area contributed by atoms with Crippen molar-refractivity contribution in [1.82, 2.24) is 0 Å². The van der Waals surface area contributed by atoms with Crippen molar-refractivity contribution in [3.8, 4) is 11.1 Å². The van der Waals surface area contributed by atoms with Crippen molar-refractivity contribution in [2.75, 3.05) is 125 Å². The number of benzene rings is 2. The quantitative estimate of drug-likeness (QED) is 0.128. The standard InChI is InChI=1S/C44H46N4O24/c49-37-57-15-25(65-37)7-45(8-26-16-58-38(50)66-26)33-3-1-23(5-35(33)47(11-29-19-61-41(53)69-29)12-30-20-62-42(54)70-30)24-2-4-34(46(9-27-17-59-39(51)67-27)10-28-18-60-40(52)68-28)36(6-24)48(13-31-21-63-43(55)71-31)14-32-22-64-44(56)72-32/h1-6,25-32H,7-22H2. The molecule has 2 aromatic carbocycles. The van der Waals surface area contributed by atoms with Crippen molar-refractivity contribution < 1.29 is 114 Å². The highest BCUT2D eigenvalue weighted by Gasteiger charge is 2.39. The Bertz CT molecular complexity index is 2180. The summed E-state index contributed by atoms with van der Waals surface area (Å²) in [5.74, 6) is 0. The Morgan fingerprint density at radius 3 is 0.625 bits per heavy atom. The van der Waals surface area contributed by atoms with Gasteiger partial charge >= 0.3 is 49.2 Å². The Morgan fingerprint density at radius 2 is 0.458 bits per heavy atom. The van der Waals surface area contributed by atoms with E-state index in [9.17, 15) is 38.4 Å². The van der Waals surface area contributed by atoms with Crippen LogP contribution in [-0.2, 0) is 75.8 Å². The lowest BCUT2D eigenvalue weighted by Crippen LogP contribution is -2.43. The molecule has 0 bridgehead atoms. The third kappa shape index (κ3) is 11.4. The molecule has 386 valence electrons. The maximum Gasteiger partial charge on any atom is 0.508 e. The van der Waals surface area contributed by atoms with Crippen molar-refractivity contribution in [1.29, 1.82) is 0 Å². The average Bonchev–Trinajstić information content (AvgIpc) is 4.23. The Balaban J connectivity index is 1.10. The molecule has 8 aliphatic heterocycles. The predicted molar refractivity (Wildman–Crippen MR) is 230 cm³/mol. The van der Waals surface area contributed by atoms with Crippen LogP contribution in [0.4, 0.5) is 61.1 Å². The number of carbonyl (C=O) groups is 8. The first-order valence-corrected chi connectivity index (χ1v) is 22.8. The molecule has 72 heavy (non-hydrogen) atoms. The predicted octanol–water partition coefficient (Wildman–Crippen LogP) is 2.86. The smallest absolute Gasteiger partial charge is 0.430 e. The van der Waals surface area contributed by atoms with Crippen LogP contribution >= 0.6 is 0 Å². The van der Waals surface area contributed by atoms with Crippen LogP contribution in [0.2, 0.25) is 0 Å². The molecule has 0 radical (unpaired) electrons.